The minimum atomic E-state index is 0.0509. The number of ether oxygens (including phenoxy) is 1. The fourth-order valence-electron chi connectivity index (χ4n) is 5.00. The quantitative estimate of drug-likeness (QED) is 0.104. The smallest absolute Gasteiger partial charge is 0.308 e. The van der Waals surface area contributed by atoms with Gasteiger partial charge in [0.25, 0.3) is 0 Å². The van der Waals surface area contributed by atoms with E-state index in [1.54, 1.807) is 0 Å². The molecule has 4 heteroatoms. The van der Waals surface area contributed by atoms with Crippen molar-refractivity contribution in [1.82, 2.24) is 4.90 Å². The second-order valence-electron chi connectivity index (χ2n) is 10.2. The standard InChI is InChI=1S/C28H53NO3/c1-4-6-8-10-11-15-19-26(18-14-9-7-5-2)28(31)32-21-17-13-12-16-20-29-23-25(3)22-27(29)24-30/h24-27H,4-23H2,1-3H3. The van der Waals surface area contributed by atoms with Crippen molar-refractivity contribution in [2.75, 3.05) is 19.7 Å². The van der Waals surface area contributed by atoms with Crippen LogP contribution in [0.5, 0.6) is 0 Å². The molecular formula is C28H53NO3. The maximum absolute atomic E-state index is 12.7. The van der Waals surface area contributed by atoms with Crippen LogP contribution in [0.3, 0.4) is 0 Å². The third-order valence-electron chi connectivity index (χ3n) is 7.05. The van der Waals surface area contributed by atoms with Crippen molar-refractivity contribution in [3.05, 3.63) is 0 Å². The summed E-state index contributed by atoms with van der Waals surface area (Å²) in [6.45, 7) is 9.35. The summed E-state index contributed by atoms with van der Waals surface area (Å²) < 4.78 is 5.69. The first-order valence-corrected chi connectivity index (χ1v) is 14.0. The highest BCUT2D eigenvalue weighted by molar-refractivity contribution is 5.72. The summed E-state index contributed by atoms with van der Waals surface area (Å²) in [5, 5.41) is 0. The number of carbonyl (C=O) groups is 2. The van der Waals surface area contributed by atoms with Crippen LogP contribution in [0.15, 0.2) is 0 Å². The molecule has 3 unspecified atom stereocenters. The van der Waals surface area contributed by atoms with Gasteiger partial charge in [0.15, 0.2) is 0 Å². The molecule has 0 saturated carbocycles. The first-order valence-electron chi connectivity index (χ1n) is 14.0. The van der Waals surface area contributed by atoms with E-state index in [-0.39, 0.29) is 17.9 Å². The highest BCUT2D eigenvalue weighted by Crippen LogP contribution is 2.22. The molecule has 1 heterocycles. The normalized spacial score (nSPS) is 19.8. The largest absolute Gasteiger partial charge is 0.465 e. The van der Waals surface area contributed by atoms with Gasteiger partial charge in [-0.1, -0.05) is 97.8 Å². The van der Waals surface area contributed by atoms with Gasteiger partial charge in [0, 0.05) is 6.54 Å². The summed E-state index contributed by atoms with van der Waals surface area (Å²) in [4.78, 5) is 26.2. The zero-order valence-corrected chi connectivity index (χ0v) is 21.6. The van der Waals surface area contributed by atoms with Gasteiger partial charge >= 0.3 is 5.97 Å². The molecule has 1 rings (SSSR count). The zero-order valence-electron chi connectivity index (χ0n) is 21.6. The molecule has 3 atom stereocenters. The molecule has 0 aliphatic carbocycles. The SMILES string of the molecule is CCCCCCCCC(CCCCCC)C(=O)OCCCCCCN1CC(C)CC1C=O. The molecule has 0 aromatic rings. The zero-order chi connectivity index (χ0) is 23.4. The van der Waals surface area contributed by atoms with Crippen LogP contribution in [0.2, 0.25) is 0 Å². The Morgan fingerprint density at radius 2 is 1.44 bits per heavy atom. The van der Waals surface area contributed by atoms with E-state index in [1.165, 1.54) is 51.4 Å². The average molecular weight is 452 g/mol. The highest BCUT2D eigenvalue weighted by Gasteiger charge is 2.28. The van der Waals surface area contributed by atoms with E-state index in [9.17, 15) is 9.59 Å². The molecule has 1 saturated heterocycles. The molecular weight excluding hydrogens is 398 g/mol. The summed E-state index contributed by atoms with van der Waals surface area (Å²) in [6, 6.07) is 0.131. The number of carbonyl (C=O) groups excluding carboxylic acids is 2. The summed E-state index contributed by atoms with van der Waals surface area (Å²) in [5.41, 5.74) is 0. The lowest BCUT2D eigenvalue weighted by Gasteiger charge is -2.19. The second-order valence-corrected chi connectivity index (χ2v) is 10.2. The van der Waals surface area contributed by atoms with Crippen LogP contribution in [0.1, 0.15) is 130 Å². The number of nitrogens with zero attached hydrogens (tertiary/aromatic N) is 1. The molecule has 188 valence electrons. The number of likely N-dealkylation sites (tertiary alicyclic amines) is 1. The van der Waals surface area contributed by atoms with Gasteiger partial charge in [-0.25, -0.2) is 0 Å². The van der Waals surface area contributed by atoms with Gasteiger partial charge < -0.3 is 9.53 Å². The Morgan fingerprint density at radius 1 is 0.875 bits per heavy atom. The molecule has 1 aliphatic rings. The van der Waals surface area contributed by atoms with Crippen LogP contribution in [0.25, 0.3) is 0 Å². The van der Waals surface area contributed by atoms with Gasteiger partial charge in [-0.15, -0.1) is 0 Å². The van der Waals surface area contributed by atoms with Crippen molar-refractivity contribution < 1.29 is 14.3 Å². The Morgan fingerprint density at radius 3 is 2.09 bits per heavy atom. The van der Waals surface area contributed by atoms with Crippen molar-refractivity contribution >= 4 is 12.3 Å². The molecule has 0 bridgehead atoms. The van der Waals surface area contributed by atoms with Crippen LogP contribution < -0.4 is 0 Å². The molecule has 0 amide bonds. The number of hydrogen-bond acceptors (Lipinski definition) is 4. The minimum absolute atomic E-state index is 0.0509. The summed E-state index contributed by atoms with van der Waals surface area (Å²) in [6.07, 6.45) is 21.0. The molecule has 0 spiro atoms. The lowest BCUT2D eigenvalue weighted by atomic mass is 9.94. The predicted octanol–water partition coefficient (Wildman–Crippen LogP) is 7.34. The van der Waals surface area contributed by atoms with Gasteiger partial charge in [-0.3, -0.25) is 9.69 Å². The minimum Gasteiger partial charge on any atom is -0.465 e. The van der Waals surface area contributed by atoms with Crippen molar-refractivity contribution in [2.45, 2.75) is 136 Å². The van der Waals surface area contributed by atoms with E-state index >= 15 is 0 Å². The van der Waals surface area contributed by atoms with Crippen molar-refractivity contribution in [3.8, 4) is 0 Å². The molecule has 4 nitrogen and oxygen atoms in total. The van der Waals surface area contributed by atoms with E-state index < -0.39 is 0 Å². The van der Waals surface area contributed by atoms with Crippen molar-refractivity contribution in [3.63, 3.8) is 0 Å². The molecule has 0 N–H and O–H groups in total. The van der Waals surface area contributed by atoms with Crippen LogP contribution >= 0.6 is 0 Å². The second kappa shape index (κ2) is 19.6. The maximum atomic E-state index is 12.7. The lowest BCUT2D eigenvalue weighted by Crippen LogP contribution is -2.31. The van der Waals surface area contributed by atoms with Crippen LogP contribution in [-0.2, 0) is 14.3 Å². The third kappa shape index (κ3) is 13.6. The molecule has 1 aliphatic heterocycles. The third-order valence-corrected chi connectivity index (χ3v) is 7.05. The summed E-state index contributed by atoms with van der Waals surface area (Å²) in [7, 11) is 0. The molecule has 0 radical (unpaired) electrons. The summed E-state index contributed by atoms with van der Waals surface area (Å²) in [5.74, 6) is 0.793. The van der Waals surface area contributed by atoms with Crippen molar-refractivity contribution in [1.29, 1.82) is 0 Å². The summed E-state index contributed by atoms with van der Waals surface area (Å²) >= 11 is 0. The van der Waals surface area contributed by atoms with Crippen LogP contribution in [0.4, 0.5) is 0 Å². The number of unbranched alkanes of at least 4 members (excludes halogenated alkanes) is 11. The Bertz CT molecular complexity index is 468. The van der Waals surface area contributed by atoms with Crippen LogP contribution in [-0.4, -0.2) is 42.9 Å². The van der Waals surface area contributed by atoms with Crippen molar-refractivity contribution in [2.24, 2.45) is 11.8 Å². The van der Waals surface area contributed by atoms with Gasteiger partial charge in [-0.05, 0) is 44.6 Å². The van der Waals surface area contributed by atoms with Gasteiger partial charge in [0.2, 0.25) is 0 Å². The molecule has 0 aromatic carbocycles. The molecule has 1 fully saturated rings. The Hall–Kier alpha value is -0.900. The highest BCUT2D eigenvalue weighted by atomic mass is 16.5. The van der Waals surface area contributed by atoms with Crippen LogP contribution in [0, 0.1) is 11.8 Å². The van der Waals surface area contributed by atoms with E-state index in [4.69, 9.17) is 4.74 Å². The molecule has 32 heavy (non-hydrogen) atoms. The Kier molecular flexibility index (Phi) is 17.8. The fraction of sp³-hybridized carbons (Fsp3) is 0.929. The first kappa shape index (κ1) is 29.1. The van der Waals surface area contributed by atoms with E-state index in [0.29, 0.717) is 12.5 Å². The average Bonchev–Trinajstić information content (AvgIpc) is 3.16. The van der Waals surface area contributed by atoms with E-state index in [0.717, 1.165) is 77.2 Å². The Labute approximate surface area is 199 Å². The number of hydrogen-bond donors (Lipinski definition) is 0. The topological polar surface area (TPSA) is 46.6 Å². The molecule has 0 aromatic heterocycles. The van der Waals surface area contributed by atoms with Gasteiger partial charge in [-0.2, -0.15) is 0 Å². The number of aldehydes is 1. The predicted molar refractivity (Wildman–Crippen MR) is 135 cm³/mol. The monoisotopic (exact) mass is 451 g/mol. The van der Waals surface area contributed by atoms with E-state index in [1.807, 2.05) is 0 Å². The van der Waals surface area contributed by atoms with Gasteiger partial charge in [0.05, 0.1) is 18.6 Å². The van der Waals surface area contributed by atoms with Gasteiger partial charge in [0.1, 0.15) is 6.29 Å². The van der Waals surface area contributed by atoms with E-state index in [2.05, 4.69) is 25.7 Å². The fourth-order valence-corrected chi connectivity index (χ4v) is 5.00. The Balaban J connectivity index is 2.17. The maximum Gasteiger partial charge on any atom is 0.308 e. The number of rotatable bonds is 21. The lowest BCUT2D eigenvalue weighted by molar-refractivity contribution is -0.149. The first-order chi connectivity index (χ1) is 15.6. The number of esters is 1.